The molecule has 7 heteroatoms. The molecule has 0 bridgehead atoms. The van der Waals surface area contributed by atoms with Gasteiger partial charge in [-0.05, 0) is 5.92 Å². The lowest BCUT2D eigenvalue weighted by Crippen LogP contribution is -2.28. The van der Waals surface area contributed by atoms with Gasteiger partial charge in [-0.3, -0.25) is 4.79 Å². The van der Waals surface area contributed by atoms with E-state index >= 15 is 0 Å². The quantitative estimate of drug-likeness (QED) is 0.416. The van der Waals surface area contributed by atoms with Gasteiger partial charge in [0.1, 0.15) is 17.5 Å². The highest BCUT2D eigenvalue weighted by atomic mass is 16.1. The number of nitrogen functional groups attached to an aromatic ring is 1. The molecule has 0 radical (unpaired) electrons. The van der Waals surface area contributed by atoms with E-state index in [-0.39, 0.29) is 5.91 Å². The fraction of sp³-hybridized carbons (Fsp3) is 0.615. The first-order valence-corrected chi connectivity index (χ1v) is 6.90. The number of hydrogen-bond acceptors (Lipinski definition) is 6. The molecule has 1 amide bonds. The number of nitrogens with one attached hydrogen (secondary N) is 3. The minimum atomic E-state index is 0.0353. The van der Waals surface area contributed by atoms with Crippen LogP contribution < -0.4 is 21.9 Å². The van der Waals surface area contributed by atoms with Crippen molar-refractivity contribution in [3.8, 4) is 0 Å². The summed E-state index contributed by atoms with van der Waals surface area (Å²) in [6.07, 6.45) is 1.13. The Balaban J connectivity index is 2.43. The summed E-state index contributed by atoms with van der Waals surface area (Å²) < 4.78 is 0. The van der Waals surface area contributed by atoms with Crippen molar-refractivity contribution in [2.24, 2.45) is 11.8 Å². The number of carbonyl (C=O) groups excluding carboxylic acids is 1. The molecule has 0 aliphatic heterocycles. The van der Waals surface area contributed by atoms with Crippen LogP contribution in [0.3, 0.4) is 0 Å². The van der Waals surface area contributed by atoms with Crippen molar-refractivity contribution in [2.75, 3.05) is 23.8 Å². The largest absolute Gasteiger partial charge is 0.369 e. The van der Waals surface area contributed by atoms with E-state index in [1.165, 1.54) is 0 Å². The molecule has 0 atom stereocenters. The average Bonchev–Trinajstić information content (AvgIpc) is 2.44. The molecule has 0 saturated carbocycles. The number of hydrazine groups is 1. The lowest BCUT2D eigenvalue weighted by Gasteiger charge is -2.10. The van der Waals surface area contributed by atoms with Crippen LogP contribution in [0.25, 0.3) is 0 Å². The first-order valence-electron chi connectivity index (χ1n) is 6.90. The zero-order valence-corrected chi connectivity index (χ0v) is 12.4. The van der Waals surface area contributed by atoms with Crippen LogP contribution >= 0.6 is 0 Å². The van der Waals surface area contributed by atoms with Crippen molar-refractivity contribution >= 4 is 17.5 Å². The molecule has 0 spiro atoms. The number of rotatable bonds is 8. The maximum absolute atomic E-state index is 11.6. The second-order valence-corrected chi connectivity index (χ2v) is 4.93. The van der Waals surface area contributed by atoms with Crippen LogP contribution in [0.5, 0.6) is 0 Å². The number of amides is 1. The minimum absolute atomic E-state index is 0.0353. The Kier molecular flexibility index (Phi) is 6.72. The Hall–Kier alpha value is -1.89. The normalized spacial score (nSPS) is 10.4. The van der Waals surface area contributed by atoms with Gasteiger partial charge in [0.15, 0.2) is 0 Å². The van der Waals surface area contributed by atoms with Crippen LogP contribution in [0, 0.1) is 5.92 Å². The Morgan fingerprint density at radius 3 is 2.65 bits per heavy atom. The summed E-state index contributed by atoms with van der Waals surface area (Å²) in [6.45, 7) is 7.32. The molecule has 112 valence electrons. The maximum Gasteiger partial charge on any atom is 0.221 e. The number of aryl methyl sites for hydroxylation is 1. The molecule has 0 saturated heterocycles. The van der Waals surface area contributed by atoms with Gasteiger partial charge in [0.2, 0.25) is 5.91 Å². The summed E-state index contributed by atoms with van der Waals surface area (Å²) in [5.41, 5.74) is 2.50. The highest BCUT2D eigenvalue weighted by Gasteiger charge is 2.05. The van der Waals surface area contributed by atoms with E-state index in [1.807, 2.05) is 6.92 Å². The Morgan fingerprint density at radius 2 is 2.05 bits per heavy atom. The third kappa shape index (κ3) is 5.83. The van der Waals surface area contributed by atoms with Gasteiger partial charge < -0.3 is 16.1 Å². The Morgan fingerprint density at radius 1 is 1.35 bits per heavy atom. The van der Waals surface area contributed by atoms with Crippen LogP contribution in [-0.4, -0.2) is 29.0 Å². The first-order chi connectivity index (χ1) is 9.55. The monoisotopic (exact) mass is 280 g/mol. The zero-order valence-electron chi connectivity index (χ0n) is 12.4. The van der Waals surface area contributed by atoms with Gasteiger partial charge >= 0.3 is 0 Å². The van der Waals surface area contributed by atoms with Crippen molar-refractivity contribution in [3.63, 3.8) is 0 Å². The van der Waals surface area contributed by atoms with Gasteiger partial charge in [-0.1, -0.05) is 20.8 Å². The van der Waals surface area contributed by atoms with E-state index in [1.54, 1.807) is 6.07 Å². The second kappa shape index (κ2) is 8.31. The summed E-state index contributed by atoms with van der Waals surface area (Å²) >= 11 is 0. The maximum atomic E-state index is 11.6. The van der Waals surface area contributed by atoms with Gasteiger partial charge in [0.25, 0.3) is 0 Å². The highest BCUT2D eigenvalue weighted by molar-refractivity contribution is 5.76. The van der Waals surface area contributed by atoms with E-state index in [0.29, 0.717) is 42.9 Å². The Bertz CT molecular complexity index is 413. The minimum Gasteiger partial charge on any atom is -0.369 e. The standard InChI is InChI=1S/C13H24N6O/c1-4-10-17-11(7-12(18-10)19-14)15-6-5-13(20)16-8-9(2)3/h7,9H,4-6,8,14H2,1-3H3,(H,16,20)(H2,15,17,18,19). The van der Waals surface area contributed by atoms with Crippen molar-refractivity contribution in [2.45, 2.75) is 33.6 Å². The third-order valence-corrected chi connectivity index (χ3v) is 2.60. The van der Waals surface area contributed by atoms with Crippen molar-refractivity contribution in [3.05, 3.63) is 11.9 Å². The van der Waals surface area contributed by atoms with Crippen LogP contribution in [0.4, 0.5) is 11.6 Å². The molecule has 0 aromatic carbocycles. The summed E-state index contributed by atoms with van der Waals surface area (Å²) in [6, 6.07) is 1.71. The molecule has 1 heterocycles. The van der Waals surface area contributed by atoms with Gasteiger partial charge in [-0.15, -0.1) is 0 Å². The second-order valence-electron chi connectivity index (χ2n) is 4.93. The predicted octanol–water partition coefficient (Wildman–Crippen LogP) is 0.899. The molecular formula is C13H24N6O. The zero-order chi connectivity index (χ0) is 15.0. The van der Waals surface area contributed by atoms with E-state index < -0.39 is 0 Å². The molecule has 5 N–H and O–H groups in total. The van der Waals surface area contributed by atoms with E-state index in [2.05, 4.69) is 39.9 Å². The molecule has 1 aromatic rings. The number of nitrogens with zero attached hydrogens (tertiary/aromatic N) is 2. The van der Waals surface area contributed by atoms with Gasteiger partial charge in [-0.2, -0.15) is 0 Å². The molecule has 20 heavy (non-hydrogen) atoms. The summed E-state index contributed by atoms with van der Waals surface area (Å²) in [5.74, 6) is 7.78. The van der Waals surface area contributed by atoms with Gasteiger partial charge in [0.05, 0.1) is 0 Å². The lowest BCUT2D eigenvalue weighted by atomic mass is 10.2. The molecule has 0 unspecified atom stereocenters. The third-order valence-electron chi connectivity index (χ3n) is 2.60. The number of anilines is 2. The molecule has 1 aromatic heterocycles. The number of hydrogen-bond donors (Lipinski definition) is 4. The molecular weight excluding hydrogens is 256 g/mol. The number of carbonyl (C=O) groups is 1. The van der Waals surface area contributed by atoms with E-state index in [0.717, 1.165) is 6.42 Å². The average molecular weight is 280 g/mol. The van der Waals surface area contributed by atoms with Crippen molar-refractivity contribution in [1.82, 2.24) is 15.3 Å². The van der Waals surface area contributed by atoms with Crippen LogP contribution in [-0.2, 0) is 11.2 Å². The summed E-state index contributed by atoms with van der Waals surface area (Å²) in [4.78, 5) is 20.1. The molecule has 1 rings (SSSR count). The van der Waals surface area contributed by atoms with Gasteiger partial charge in [0, 0.05) is 32.0 Å². The van der Waals surface area contributed by atoms with Crippen molar-refractivity contribution < 1.29 is 4.79 Å². The fourth-order valence-corrected chi connectivity index (χ4v) is 1.53. The van der Waals surface area contributed by atoms with Crippen LogP contribution in [0.1, 0.15) is 33.0 Å². The highest BCUT2D eigenvalue weighted by Crippen LogP contribution is 2.10. The van der Waals surface area contributed by atoms with Gasteiger partial charge in [-0.25, -0.2) is 15.8 Å². The molecule has 7 nitrogen and oxygen atoms in total. The first kappa shape index (κ1) is 16.2. The fourth-order valence-electron chi connectivity index (χ4n) is 1.53. The van der Waals surface area contributed by atoms with E-state index in [4.69, 9.17) is 5.84 Å². The summed E-state index contributed by atoms with van der Waals surface area (Å²) in [7, 11) is 0. The Labute approximate surface area is 119 Å². The SMILES string of the molecule is CCc1nc(NN)cc(NCCC(=O)NCC(C)C)n1. The summed E-state index contributed by atoms with van der Waals surface area (Å²) in [5, 5.41) is 5.97. The lowest BCUT2D eigenvalue weighted by molar-refractivity contribution is -0.120. The predicted molar refractivity (Wildman–Crippen MR) is 80.2 cm³/mol. The van der Waals surface area contributed by atoms with Crippen LogP contribution in [0.2, 0.25) is 0 Å². The molecule has 0 aliphatic carbocycles. The van der Waals surface area contributed by atoms with Crippen molar-refractivity contribution in [1.29, 1.82) is 0 Å². The number of nitrogens with two attached hydrogens (primary N) is 1. The number of aromatic nitrogens is 2. The topological polar surface area (TPSA) is 105 Å². The van der Waals surface area contributed by atoms with E-state index in [9.17, 15) is 4.79 Å². The van der Waals surface area contributed by atoms with Crippen LogP contribution in [0.15, 0.2) is 6.07 Å². The molecule has 0 fully saturated rings. The molecule has 0 aliphatic rings. The smallest absolute Gasteiger partial charge is 0.221 e.